The number of amides is 1. The van der Waals surface area contributed by atoms with E-state index in [1.54, 1.807) is 18.4 Å². The summed E-state index contributed by atoms with van der Waals surface area (Å²) in [6.07, 6.45) is 0. The van der Waals surface area contributed by atoms with Crippen molar-refractivity contribution in [3.63, 3.8) is 0 Å². The standard InChI is InChI=1S/C13H13NO2S/c1-9(15)13(16)14(2)7-10-8-17-12-6-4-3-5-11(10)12/h3-6,8H,7H2,1-2H3. The summed E-state index contributed by atoms with van der Waals surface area (Å²) in [5, 5.41) is 3.19. The van der Waals surface area contributed by atoms with Crippen LogP contribution in [-0.4, -0.2) is 23.6 Å². The Morgan fingerprint density at radius 2 is 2.00 bits per heavy atom. The fraction of sp³-hybridized carbons (Fsp3) is 0.231. The van der Waals surface area contributed by atoms with Gasteiger partial charge in [0.15, 0.2) is 0 Å². The third-order valence-electron chi connectivity index (χ3n) is 2.62. The minimum absolute atomic E-state index is 0.424. The fourth-order valence-corrected chi connectivity index (χ4v) is 2.71. The first-order valence-electron chi connectivity index (χ1n) is 5.30. The number of benzene rings is 1. The lowest BCUT2D eigenvalue weighted by Gasteiger charge is -2.14. The molecule has 0 bridgehead atoms. The van der Waals surface area contributed by atoms with Crippen LogP contribution in [0.1, 0.15) is 12.5 Å². The second-order valence-electron chi connectivity index (χ2n) is 3.97. The number of carbonyl (C=O) groups is 2. The molecule has 0 fully saturated rings. The van der Waals surface area contributed by atoms with E-state index < -0.39 is 11.7 Å². The molecule has 1 heterocycles. The van der Waals surface area contributed by atoms with Gasteiger partial charge in [-0.3, -0.25) is 9.59 Å². The lowest BCUT2D eigenvalue weighted by Crippen LogP contribution is -2.31. The zero-order valence-electron chi connectivity index (χ0n) is 9.77. The number of Topliss-reactive ketones (excluding diaryl/α,β-unsaturated/α-hetero) is 1. The summed E-state index contributed by atoms with van der Waals surface area (Å²) < 4.78 is 1.20. The average molecular weight is 247 g/mol. The van der Waals surface area contributed by atoms with Crippen molar-refractivity contribution in [2.45, 2.75) is 13.5 Å². The Balaban J connectivity index is 2.24. The maximum absolute atomic E-state index is 11.5. The second kappa shape index (κ2) is 4.67. The molecule has 0 atom stereocenters. The van der Waals surface area contributed by atoms with Gasteiger partial charge in [0.1, 0.15) is 0 Å². The molecular weight excluding hydrogens is 234 g/mol. The van der Waals surface area contributed by atoms with Crippen molar-refractivity contribution < 1.29 is 9.59 Å². The van der Waals surface area contributed by atoms with Gasteiger partial charge in [0, 0.05) is 25.2 Å². The molecule has 1 aromatic carbocycles. The van der Waals surface area contributed by atoms with Crippen LogP contribution in [0.5, 0.6) is 0 Å². The number of ketones is 1. The van der Waals surface area contributed by atoms with E-state index in [-0.39, 0.29) is 0 Å². The van der Waals surface area contributed by atoms with Gasteiger partial charge < -0.3 is 4.90 Å². The molecule has 3 nitrogen and oxygen atoms in total. The lowest BCUT2D eigenvalue weighted by atomic mass is 10.1. The number of likely N-dealkylation sites (N-methyl/N-ethyl adjacent to an activating group) is 1. The van der Waals surface area contributed by atoms with Crippen LogP contribution in [0, 0.1) is 0 Å². The fourth-order valence-electron chi connectivity index (χ4n) is 1.75. The van der Waals surface area contributed by atoms with Crippen LogP contribution in [-0.2, 0) is 16.1 Å². The van der Waals surface area contributed by atoms with Gasteiger partial charge in [0.25, 0.3) is 5.91 Å². The molecule has 17 heavy (non-hydrogen) atoms. The van der Waals surface area contributed by atoms with E-state index in [2.05, 4.69) is 6.07 Å². The Kier molecular flexibility index (Phi) is 3.24. The summed E-state index contributed by atoms with van der Waals surface area (Å²) in [6, 6.07) is 8.06. The van der Waals surface area contributed by atoms with Crippen LogP contribution in [0.3, 0.4) is 0 Å². The smallest absolute Gasteiger partial charge is 0.289 e. The minimum atomic E-state index is -0.444. The van der Waals surface area contributed by atoms with E-state index in [9.17, 15) is 9.59 Å². The van der Waals surface area contributed by atoms with Crippen LogP contribution in [0.25, 0.3) is 10.1 Å². The molecule has 2 aromatic rings. The van der Waals surface area contributed by atoms with Gasteiger partial charge in [-0.05, 0) is 22.4 Å². The van der Waals surface area contributed by atoms with Crippen molar-refractivity contribution in [3.05, 3.63) is 35.2 Å². The van der Waals surface area contributed by atoms with Gasteiger partial charge in [0.05, 0.1) is 0 Å². The molecule has 4 heteroatoms. The van der Waals surface area contributed by atoms with Crippen LogP contribution in [0.15, 0.2) is 29.6 Å². The predicted molar refractivity (Wildman–Crippen MR) is 69.0 cm³/mol. The van der Waals surface area contributed by atoms with Gasteiger partial charge in [-0.2, -0.15) is 0 Å². The number of rotatable bonds is 3. The van der Waals surface area contributed by atoms with Crippen molar-refractivity contribution in [3.8, 4) is 0 Å². The quantitative estimate of drug-likeness (QED) is 0.781. The molecule has 2 rings (SSSR count). The molecule has 0 aliphatic rings. The third-order valence-corrected chi connectivity index (χ3v) is 3.63. The van der Waals surface area contributed by atoms with E-state index >= 15 is 0 Å². The van der Waals surface area contributed by atoms with Gasteiger partial charge in [-0.1, -0.05) is 18.2 Å². The van der Waals surface area contributed by atoms with Crippen molar-refractivity contribution in [2.24, 2.45) is 0 Å². The highest BCUT2D eigenvalue weighted by molar-refractivity contribution is 7.17. The first kappa shape index (κ1) is 11.8. The Hall–Kier alpha value is -1.68. The molecule has 0 saturated carbocycles. The van der Waals surface area contributed by atoms with Crippen molar-refractivity contribution in [1.82, 2.24) is 4.90 Å². The van der Waals surface area contributed by atoms with Gasteiger partial charge in [0.2, 0.25) is 5.78 Å². The van der Waals surface area contributed by atoms with E-state index in [1.165, 1.54) is 16.5 Å². The Morgan fingerprint density at radius 1 is 1.29 bits per heavy atom. The van der Waals surface area contributed by atoms with Crippen molar-refractivity contribution in [1.29, 1.82) is 0 Å². The van der Waals surface area contributed by atoms with E-state index in [1.807, 2.05) is 23.6 Å². The maximum Gasteiger partial charge on any atom is 0.289 e. The Labute approximate surface area is 104 Å². The summed E-state index contributed by atoms with van der Waals surface area (Å²) in [7, 11) is 1.65. The molecule has 1 aromatic heterocycles. The van der Waals surface area contributed by atoms with Crippen LogP contribution in [0.2, 0.25) is 0 Å². The highest BCUT2D eigenvalue weighted by atomic mass is 32.1. The van der Waals surface area contributed by atoms with E-state index in [0.717, 1.165) is 10.9 Å². The zero-order chi connectivity index (χ0) is 12.4. The first-order chi connectivity index (χ1) is 8.09. The van der Waals surface area contributed by atoms with Crippen LogP contribution >= 0.6 is 11.3 Å². The summed E-state index contributed by atoms with van der Waals surface area (Å²) in [6.45, 7) is 1.77. The summed E-state index contributed by atoms with van der Waals surface area (Å²) in [4.78, 5) is 23.9. The molecule has 1 amide bonds. The number of carbonyl (C=O) groups excluding carboxylic acids is 2. The number of thiophene rings is 1. The van der Waals surface area contributed by atoms with E-state index in [4.69, 9.17) is 0 Å². The van der Waals surface area contributed by atoms with Gasteiger partial charge in [-0.15, -0.1) is 11.3 Å². The summed E-state index contributed by atoms with van der Waals surface area (Å²) >= 11 is 1.65. The molecule has 0 spiro atoms. The Bertz CT molecular complexity index is 574. The molecule has 0 N–H and O–H groups in total. The zero-order valence-corrected chi connectivity index (χ0v) is 10.6. The molecule has 88 valence electrons. The molecule has 0 aliphatic heterocycles. The molecular formula is C13H13NO2S. The second-order valence-corrected chi connectivity index (χ2v) is 4.89. The largest absolute Gasteiger partial charge is 0.335 e. The monoisotopic (exact) mass is 247 g/mol. The highest BCUT2D eigenvalue weighted by Crippen LogP contribution is 2.26. The minimum Gasteiger partial charge on any atom is -0.335 e. The van der Waals surface area contributed by atoms with Crippen LogP contribution < -0.4 is 0 Å². The number of nitrogens with zero attached hydrogens (tertiary/aromatic N) is 1. The highest BCUT2D eigenvalue weighted by Gasteiger charge is 2.15. The van der Waals surface area contributed by atoms with E-state index in [0.29, 0.717) is 6.54 Å². The predicted octanol–water partition coefficient (Wildman–Crippen LogP) is 2.45. The Morgan fingerprint density at radius 3 is 2.71 bits per heavy atom. The third kappa shape index (κ3) is 2.36. The molecule has 0 aliphatic carbocycles. The van der Waals surface area contributed by atoms with Gasteiger partial charge >= 0.3 is 0 Å². The number of hydrogen-bond donors (Lipinski definition) is 0. The molecule has 0 unspecified atom stereocenters. The topological polar surface area (TPSA) is 37.4 Å². The summed E-state index contributed by atoms with van der Waals surface area (Å²) in [5.41, 5.74) is 1.09. The maximum atomic E-state index is 11.5. The van der Waals surface area contributed by atoms with Crippen molar-refractivity contribution >= 4 is 33.1 Å². The normalized spacial score (nSPS) is 10.5. The van der Waals surface area contributed by atoms with Crippen molar-refractivity contribution in [2.75, 3.05) is 7.05 Å². The first-order valence-corrected chi connectivity index (χ1v) is 6.18. The SMILES string of the molecule is CC(=O)C(=O)N(C)Cc1csc2ccccc12. The number of fused-ring (bicyclic) bond motifs is 1. The van der Waals surface area contributed by atoms with Gasteiger partial charge in [-0.25, -0.2) is 0 Å². The van der Waals surface area contributed by atoms with Crippen LogP contribution in [0.4, 0.5) is 0 Å². The lowest BCUT2D eigenvalue weighted by molar-refractivity contribution is -0.143. The average Bonchev–Trinajstić information content (AvgIpc) is 2.71. The molecule has 0 saturated heterocycles. The number of hydrogen-bond acceptors (Lipinski definition) is 3. The molecule has 0 radical (unpaired) electrons. The summed E-state index contributed by atoms with van der Waals surface area (Å²) in [5.74, 6) is -0.868.